The van der Waals surface area contributed by atoms with E-state index in [9.17, 15) is 4.79 Å². The number of carbonyl (C=O) groups is 1. The van der Waals surface area contributed by atoms with Crippen LogP contribution < -0.4 is 0 Å². The average molecular weight is 346 g/mol. The number of nitriles is 1. The van der Waals surface area contributed by atoms with Gasteiger partial charge < -0.3 is 4.90 Å². The van der Waals surface area contributed by atoms with E-state index in [1.807, 2.05) is 47.4 Å². The van der Waals surface area contributed by atoms with Gasteiger partial charge in [0.05, 0.1) is 11.6 Å². The predicted octanol–water partition coefficient (Wildman–Crippen LogP) is 2.70. The summed E-state index contributed by atoms with van der Waals surface area (Å²) < 4.78 is 0. The molecule has 2 aromatic rings. The van der Waals surface area contributed by atoms with Gasteiger partial charge in [0.2, 0.25) is 5.91 Å². The van der Waals surface area contributed by atoms with Gasteiger partial charge in [0.15, 0.2) is 0 Å². The molecule has 1 aromatic carbocycles. The lowest BCUT2D eigenvalue weighted by Gasteiger charge is -2.21. The van der Waals surface area contributed by atoms with Crippen molar-refractivity contribution in [1.82, 2.24) is 14.8 Å². The molecule has 5 nitrogen and oxygen atoms in total. The summed E-state index contributed by atoms with van der Waals surface area (Å²) in [6, 6.07) is 13.6. The van der Waals surface area contributed by atoms with E-state index in [1.54, 1.807) is 18.5 Å². The highest BCUT2D eigenvalue weighted by molar-refractivity contribution is 5.91. The van der Waals surface area contributed by atoms with E-state index < -0.39 is 0 Å². The lowest BCUT2D eigenvalue weighted by atomic mass is 10.1. The van der Waals surface area contributed by atoms with Crippen molar-refractivity contribution >= 4 is 12.0 Å². The maximum Gasteiger partial charge on any atom is 0.246 e. The summed E-state index contributed by atoms with van der Waals surface area (Å²) in [6.45, 7) is 4.18. The molecule has 2 heterocycles. The molecule has 0 bridgehead atoms. The lowest BCUT2D eigenvalue weighted by molar-refractivity contribution is -0.125. The Bertz CT molecular complexity index is 793. The molecule has 1 aliphatic heterocycles. The van der Waals surface area contributed by atoms with Gasteiger partial charge in [-0.05, 0) is 41.8 Å². The second kappa shape index (κ2) is 8.93. The number of hydrogen-bond donors (Lipinski definition) is 0. The molecule has 5 heteroatoms. The van der Waals surface area contributed by atoms with Gasteiger partial charge in [-0.1, -0.05) is 18.2 Å². The smallest absolute Gasteiger partial charge is 0.246 e. The van der Waals surface area contributed by atoms with Crippen LogP contribution in [0.1, 0.15) is 23.1 Å². The number of amides is 1. The third kappa shape index (κ3) is 5.01. The van der Waals surface area contributed by atoms with Crippen molar-refractivity contribution < 1.29 is 4.79 Å². The molecule has 1 amide bonds. The minimum absolute atomic E-state index is 0.0501. The summed E-state index contributed by atoms with van der Waals surface area (Å²) in [5.74, 6) is 0.0501. The van der Waals surface area contributed by atoms with Crippen LogP contribution in [-0.4, -0.2) is 46.9 Å². The van der Waals surface area contributed by atoms with Crippen LogP contribution in [0, 0.1) is 11.3 Å². The van der Waals surface area contributed by atoms with Crippen LogP contribution in [0.4, 0.5) is 0 Å². The van der Waals surface area contributed by atoms with Crippen molar-refractivity contribution in [3.63, 3.8) is 0 Å². The topological polar surface area (TPSA) is 60.2 Å². The highest BCUT2D eigenvalue weighted by Gasteiger charge is 2.17. The van der Waals surface area contributed by atoms with Gasteiger partial charge in [0.25, 0.3) is 0 Å². The van der Waals surface area contributed by atoms with Crippen molar-refractivity contribution in [3.8, 4) is 6.07 Å². The Balaban J connectivity index is 1.53. The fourth-order valence-corrected chi connectivity index (χ4v) is 3.04. The molecule has 1 fully saturated rings. The number of nitrogens with zero attached hydrogens (tertiary/aromatic N) is 4. The summed E-state index contributed by atoms with van der Waals surface area (Å²) in [5.41, 5.74) is 2.81. The normalized spacial score (nSPS) is 15.6. The SMILES string of the molecule is N#Cc1ccc(CN2CCCN(C(=O)/C=C/c3cccnc3)CC2)cc1. The van der Waals surface area contributed by atoms with Crippen LogP contribution >= 0.6 is 0 Å². The molecular formula is C21H22N4O. The van der Waals surface area contributed by atoms with Crippen LogP contribution in [0.15, 0.2) is 54.9 Å². The van der Waals surface area contributed by atoms with Crippen molar-refractivity contribution in [2.45, 2.75) is 13.0 Å². The number of hydrogen-bond acceptors (Lipinski definition) is 4. The summed E-state index contributed by atoms with van der Waals surface area (Å²) in [4.78, 5) is 20.7. The standard InChI is InChI=1S/C21H22N4O/c22-15-18-4-6-20(7-5-18)17-24-11-2-12-25(14-13-24)21(26)9-8-19-3-1-10-23-16-19/h1,3-10,16H,2,11-14,17H2/b9-8+. The van der Waals surface area contributed by atoms with Gasteiger partial charge in [-0.15, -0.1) is 0 Å². The van der Waals surface area contributed by atoms with Gasteiger partial charge >= 0.3 is 0 Å². The molecule has 132 valence electrons. The first-order chi connectivity index (χ1) is 12.7. The van der Waals surface area contributed by atoms with Crippen molar-refractivity contribution in [2.75, 3.05) is 26.2 Å². The van der Waals surface area contributed by atoms with Gasteiger partial charge in [0.1, 0.15) is 0 Å². The summed E-state index contributed by atoms with van der Waals surface area (Å²) in [7, 11) is 0. The summed E-state index contributed by atoms with van der Waals surface area (Å²) in [5, 5.41) is 8.88. The maximum absolute atomic E-state index is 12.4. The van der Waals surface area contributed by atoms with Crippen LogP contribution in [0.5, 0.6) is 0 Å². The number of benzene rings is 1. The Morgan fingerprint density at radius 1 is 1.15 bits per heavy atom. The van der Waals surface area contributed by atoms with E-state index in [1.165, 1.54) is 5.56 Å². The van der Waals surface area contributed by atoms with Crippen molar-refractivity contribution in [3.05, 3.63) is 71.6 Å². The van der Waals surface area contributed by atoms with Gasteiger partial charge in [0, 0.05) is 51.2 Å². The van der Waals surface area contributed by atoms with Crippen molar-refractivity contribution in [2.24, 2.45) is 0 Å². The minimum atomic E-state index is 0.0501. The molecule has 3 rings (SSSR count). The van der Waals surface area contributed by atoms with Gasteiger partial charge in [-0.2, -0.15) is 5.26 Å². The molecule has 1 saturated heterocycles. The van der Waals surface area contributed by atoms with Gasteiger partial charge in [-0.25, -0.2) is 0 Å². The molecule has 1 aromatic heterocycles. The van der Waals surface area contributed by atoms with Gasteiger partial charge in [-0.3, -0.25) is 14.7 Å². The molecule has 0 spiro atoms. The number of pyridine rings is 1. The molecule has 1 aliphatic rings. The number of rotatable bonds is 4. The second-order valence-corrected chi connectivity index (χ2v) is 6.38. The zero-order valence-electron chi connectivity index (χ0n) is 14.7. The molecule has 0 atom stereocenters. The Morgan fingerprint density at radius 3 is 2.73 bits per heavy atom. The maximum atomic E-state index is 12.4. The highest BCUT2D eigenvalue weighted by atomic mass is 16.2. The molecular weight excluding hydrogens is 324 g/mol. The first-order valence-corrected chi connectivity index (χ1v) is 8.83. The van der Waals surface area contributed by atoms with Crippen LogP contribution in [0.3, 0.4) is 0 Å². The Kier molecular flexibility index (Phi) is 6.13. The third-order valence-corrected chi connectivity index (χ3v) is 4.49. The van der Waals surface area contributed by atoms with E-state index in [0.29, 0.717) is 5.56 Å². The zero-order chi connectivity index (χ0) is 18.2. The molecule has 0 aliphatic carbocycles. The van der Waals surface area contributed by atoms with Crippen molar-refractivity contribution in [1.29, 1.82) is 5.26 Å². The fourth-order valence-electron chi connectivity index (χ4n) is 3.04. The summed E-state index contributed by atoms with van der Waals surface area (Å²) in [6.07, 6.45) is 7.87. The Morgan fingerprint density at radius 2 is 2.00 bits per heavy atom. The molecule has 26 heavy (non-hydrogen) atoms. The van der Waals surface area contributed by atoms with Crippen LogP contribution in [0.2, 0.25) is 0 Å². The molecule has 0 unspecified atom stereocenters. The highest BCUT2D eigenvalue weighted by Crippen LogP contribution is 2.11. The fraction of sp³-hybridized carbons (Fsp3) is 0.286. The van der Waals surface area contributed by atoms with Crippen LogP contribution in [-0.2, 0) is 11.3 Å². The van der Waals surface area contributed by atoms with E-state index >= 15 is 0 Å². The summed E-state index contributed by atoms with van der Waals surface area (Å²) >= 11 is 0. The average Bonchev–Trinajstić information content (AvgIpc) is 2.93. The first-order valence-electron chi connectivity index (χ1n) is 8.83. The predicted molar refractivity (Wildman–Crippen MR) is 101 cm³/mol. The second-order valence-electron chi connectivity index (χ2n) is 6.38. The van der Waals surface area contributed by atoms with E-state index in [0.717, 1.165) is 44.7 Å². The number of carbonyl (C=O) groups excluding carboxylic acids is 1. The number of aromatic nitrogens is 1. The minimum Gasteiger partial charge on any atom is -0.338 e. The lowest BCUT2D eigenvalue weighted by Crippen LogP contribution is -2.34. The van der Waals surface area contributed by atoms with E-state index in [2.05, 4.69) is 16.0 Å². The monoisotopic (exact) mass is 346 g/mol. The van der Waals surface area contributed by atoms with E-state index in [4.69, 9.17) is 5.26 Å². The Labute approximate surface area is 154 Å². The first kappa shape index (κ1) is 17.8. The largest absolute Gasteiger partial charge is 0.338 e. The Hall–Kier alpha value is -2.97. The quantitative estimate of drug-likeness (QED) is 0.799. The van der Waals surface area contributed by atoms with E-state index in [-0.39, 0.29) is 5.91 Å². The third-order valence-electron chi connectivity index (χ3n) is 4.49. The molecule has 0 saturated carbocycles. The molecule has 0 radical (unpaired) electrons. The molecule has 0 N–H and O–H groups in total. The zero-order valence-corrected chi connectivity index (χ0v) is 14.7. The van der Waals surface area contributed by atoms with Crippen LogP contribution in [0.25, 0.3) is 6.08 Å².